The molecule has 1 unspecified atom stereocenters. The number of furan rings is 1. The van der Waals surface area contributed by atoms with Crippen LogP contribution in [0.25, 0.3) is 83.2 Å². The third-order valence-electron chi connectivity index (χ3n) is 9.74. The highest BCUT2D eigenvalue weighted by atomic mass is 16.3. The van der Waals surface area contributed by atoms with Gasteiger partial charge in [0.15, 0.2) is 0 Å². The van der Waals surface area contributed by atoms with Crippen molar-refractivity contribution < 1.29 is 4.42 Å². The van der Waals surface area contributed by atoms with Gasteiger partial charge in [0.1, 0.15) is 11.2 Å². The first-order valence-electron chi connectivity index (χ1n) is 15.9. The molecule has 10 rings (SSSR count). The topological polar surface area (TPSA) is 35.9 Å². The number of para-hydroxylation sites is 3. The summed E-state index contributed by atoms with van der Waals surface area (Å²) in [6.45, 7) is 2.29. The van der Waals surface area contributed by atoms with E-state index in [0.717, 1.165) is 50.9 Å². The molecule has 0 bridgehead atoms. The monoisotopic (exact) mass is 591 g/mol. The Morgan fingerprint density at radius 3 is 2.00 bits per heavy atom. The standard InChI is InChI=1S/C42H29N3O/c1-26-14-17-40-34(20-26)33-10-4-7-13-39(33)45(40)30-21-28(24-43-25-30)27-15-18-41-35(22-27)36-23-29(16-19-42(36)46-41)44-37-11-5-2-8-31(37)32-9-3-6-12-38(32)44/h2-19,21-26H,20H2,1H3. The van der Waals surface area contributed by atoms with Gasteiger partial charge < -0.3 is 13.6 Å². The van der Waals surface area contributed by atoms with Gasteiger partial charge in [-0.1, -0.05) is 73.7 Å². The molecule has 0 saturated heterocycles. The van der Waals surface area contributed by atoms with E-state index in [-0.39, 0.29) is 0 Å². The van der Waals surface area contributed by atoms with E-state index in [9.17, 15) is 0 Å². The number of aromatic nitrogens is 3. The molecule has 0 spiro atoms. The van der Waals surface area contributed by atoms with E-state index in [1.54, 1.807) is 0 Å². The Morgan fingerprint density at radius 2 is 1.24 bits per heavy atom. The van der Waals surface area contributed by atoms with Crippen molar-refractivity contribution in [1.29, 1.82) is 0 Å². The minimum atomic E-state index is 0.531. The second kappa shape index (κ2) is 9.56. The van der Waals surface area contributed by atoms with Gasteiger partial charge in [-0.3, -0.25) is 4.98 Å². The minimum absolute atomic E-state index is 0.531. The maximum absolute atomic E-state index is 6.36. The first kappa shape index (κ1) is 25.5. The van der Waals surface area contributed by atoms with Gasteiger partial charge in [-0.25, -0.2) is 0 Å². The van der Waals surface area contributed by atoms with Crippen molar-refractivity contribution in [2.45, 2.75) is 13.3 Å². The predicted molar refractivity (Wildman–Crippen MR) is 190 cm³/mol. The normalized spacial score (nSPS) is 14.7. The van der Waals surface area contributed by atoms with Crippen LogP contribution in [0.5, 0.6) is 0 Å². The van der Waals surface area contributed by atoms with Crippen molar-refractivity contribution in [3.05, 3.63) is 145 Å². The number of rotatable bonds is 3. The molecule has 4 heterocycles. The quantitative estimate of drug-likeness (QED) is 0.205. The first-order chi connectivity index (χ1) is 22.7. The molecular weight excluding hydrogens is 562 g/mol. The van der Waals surface area contributed by atoms with Crippen LogP contribution in [-0.2, 0) is 6.42 Å². The maximum atomic E-state index is 6.36. The Kier molecular flexibility index (Phi) is 5.29. The van der Waals surface area contributed by atoms with Gasteiger partial charge in [-0.2, -0.15) is 0 Å². The molecule has 1 aliphatic rings. The van der Waals surface area contributed by atoms with Crippen LogP contribution in [-0.4, -0.2) is 14.1 Å². The Hall–Kier alpha value is -5.87. The maximum Gasteiger partial charge on any atom is 0.135 e. The van der Waals surface area contributed by atoms with E-state index < -0.39 is 0 Å². The lowest BCUT2D eigenvalue weighted by Gasteiger charge is -2.16. The zero-order chi connectivity index (χ0) is 30.4. The average molecular weight is 592 g/mol. The highest BCUT2D eigenvalue weighted by molar-refractivity contribution is 6.11. The lowest BCUT2D eigenvalue weighted by molar-refractivity contribution is 0.669. The van der Waals surface area contributed by atoms with Gasteiger partial charge in [0, 0.05) is 50.1 Å². The Balaban J connectivity index is 1.13. The molecule has 4 aromatic heterocycles. The van der Waals surface area contributed by atoms with Crippen LogP contribution in [0, 0.1) is 5.92 Å². The second-order valence-electron chi connectivity index (χ2n) is 12.6. The molecule has 4 nitrogen and oxygen atoms in total. The fourth-order valence-electron chi connectivity index (χ4n) is 7.63. The molecule has 218 valence electrons. The van der Waals surface area contributed by atoms with Crippen LogP contribution in [0.4, 0.5) is 0 Å². The number of fused-ring (bicyclic) bond motifs is 9. The fraction of sp³-hybridized carbons (Fsp3) is 0.0714. The zero-order valence-electron chi connectivity index (χ0n) is 25.3. The molecule has 46 heavy (non-hydrogen) atoms. The molecule has 9 aromatic rings. The summed E-state index contributed by atoms with van der Waals surface area (Å²) in [6.07, 6.45) is 9.60. The van der Waals surface area contributed by atoms with Crippen LogP contribution in [0.3, 0.4) is 0 Å². The van der Waals surface area contributed by atoms with Gasteiger partial charge >= 0.3 is 0 Å². The molecule has 0 aliphatic heterocycles. The van der Waals surface area contributed by atoms with Gasteiger partial charge in [-0.05, 0) is 84.1 Å². The number of pyridine rings is 1. The van der Waals surface area contributed by atoms with Crippen molar-refractivity contribution in [2.75, 3.05) is 0 Å². The summed E-state index contributed by atoms with van der Waals surface area (Å²) in [5, 5.41) is 6.04. The third kappa shape index (κ3) is 3.64. The van der Waals surface area contributed by atoms with Crippen LogP contribution in [0.2, 0.25) is 0 Å². The Bertz CT molecular complexity index is 2650. The fourth-order valence-corrected chi connectivity index (χ4v) is 7.63. The molecule has 0 amide bonds. The molecule has 0 saturated carbocycles. The van der Waals surface area contributed by atoms with Gasteiger partial charge in [0.2, 0.25) is 0 Å². The molecule has 1 aliphatic carbocycles. The smallest absolute Gasteiger partial charge is 0.135 e. The van der Waals surface area contributed by atoms with E-state index in [0.29, 0.717) is 5.92 Å². The second-order valence-corrected chi connectivity index (χ2v) is 12.6. The number of hydrogen-bond donors (Lipinski definition) is 0. The van der Waals surface area contributed by atoms with E-state index >= 15 is 0 Å². The van der Waals surface area contributed by atoms with Crippen LogP contribution < -0.4 is 0 Å². The zero-order valence-corrected chi connectivity index (χ0v) is 25.3. The summed E-state index contributed by atoms with van der Waals surface area (Å²) in [6, 6.07) is 41.3. The molecule has 0 fully saturated rings. The van der Waals surface area contributed by atoms with Gasteiger partial charge in [0.05, 0.1) is 28.4 Å². The van der Waals surface area contributed by atoms with Gasteiger partial charge in [-0.15, -0.1) is 0 Å². The molecule has 4 heteroatoms. The predicted octanol–water partition coefficient (Wildman–Crippen LogP) is 10.9. The van der Waals surface area contributed by atoms with E-state index in [4.69, 9.17) is 9.40 Å². The Morgan fingerprint density at radius 1 is 0.587 bits per heavy atom. The highest BCUT2D eigenvalue weighted by Crippen LogP contribution is 2.38. The SMILES string of the molecule is CC1C=Cc2c(c3ccccc3n2-c2cncc(-c3ccc4oc5ccc(-n6c7ccccc7c7ccccc76)cc5c4c3)c2)C1. The van der Waals surface area contributed by atoms with Crippen molar-refractivity contribution in [3.63, 3.8) is 0 Å². The van der Waals surface area contributed by atoms with Crippen molar-refractivity contribution in [1.82, 2.24) is 14.1 Å². The minimum Gasteiger partial charge on any atom is -0.456 e. The number of hydrogen-bond acceptors (Lipinski definition) is 2. The number of benzene rings is 5. The van der Waals surface area contributed by atoms with E-state index in [1.807, 2.05) is 12.4 Å². The molecule has 0 radical (unpaired) electrons. The lowest BCUT2D eigenvalue weighted by atomic mass is 9.93. The molecule has 1 atom stereocenters. The van der Waals surface area contributed by atoms with Crippen LogP contribution in [0.1, 0.15) is 18.2 Å². The summed E-state index contributed by atoms with van der Waals surface area (Å²) in [5.74, 6) is 0.531. The number of allylic oxidation sites excluding steroid dienone is 1. The Labute approximate surface area is 265 Å². The molecule has 5 aromatic carbocycles. The summed E-state index contributed by atoms with van der Waals surface area (Å²) < 4.78 is 11.1. The van der Waals surface area contributed by atoms with E-state index in [2.05, 4.69) is 143 Å². The summed E-state index contributed by atoms with van der Waals surface area (Å²) in [4.78, 5) is 4.75. The number of nitrogens with zero attached hydrogens (tertiary/aromatic N) is 3. The van der Waals surface area contributed by atoms with Gasteiger partial charge in [0.25, 0.3) is 0 Å². The molecule has 0 N–H and O–H groups in total. The van der Waals surface area contributed by atoms with E-state index in [1.165, 1.54) is 44.0 Å². The summed E-state index contributed by atoms with van der Waals surface area (Å²) in [7, 11) is 0. The third-order valence-corrected chi connectivity index (χ3v) is 9.74. The van der Waals surface area contributed by atoms with Crippen molar-refractivity contribution >= 4 is 60.7 Å². The first-order valence-corrected chi connectivity index (χ1v) is 15.9. The average Bonchev–Trinajstić information content (AvgIpc) is 3.75. The lowest BCUT2D eigenvalue weighted by Crippen LogP contribution is -2.05. The van der Waals surface area contributed by atoms with Crippen LogP contribution in [0.15, 0.2) is 138 Å². The summed E-state index contributed by atoms with van der Waals surface area (Å²) >= 11 is 0. The largest absolute Gasteiger partial charge is 0.456 e. The van der Waals surface area contributed by atoms with Crippen LogP contribution >= 0.6 is 0 Å². The van der Waals surface area contributed by atoms with Crippen molar-refractivity contribution in [2.24, 2.45) is 5.92 Å². The molecular formula is C42H29N3O. The van der Waals surface area contributed by atoms with Crippen molar-refractivity contribution in [3.8, 4) is 22.5 Å². The summed E-state index contributed by atoms with van der Waals surface area (Å²) in [5.41, 5.74) is 12.4. The highest BCUT2D eigenvalue weighted by Gasteiger charge is 2.21.